The van der Waals surface area contributed by atoms with Gasteiger partial charge in [0.2, 0.25) is 0 Å². The molecule has 1 amide bonds. The summed E-state index contributed by atoms with van der Waals surface area (Å²) in [5.74, 6) is 0.418. The summed E-state index contributed by atoms with van der Waals surface area (Å²) in [4.78, 5) is 18.0. The van der Waals surface area contributed by atoms with Crippen LogP contribution in [0.1, 0.15) is 55.2 Å². The van der Waals surface area contributed by atoms with Gasteiger partial charge in [-0.05, 0) is 57.0 Å². The number of hydrogen-bond acceptors (Lipinski definition) is 5. The van der Waals surface area contributed by atoms with Crippen molar-refractivity contribution in [2.45, 2.75) is 53.0 Å². The molecule has 0 spiro atoms. The van der Waals surface area contributed by atoms with Crippen LogP contribution < -0.4 is 5.32 Å². The molecule has 32 heavy (non-hydrogen) atoms. The first-order valence-electron chi connectivity index (χ1n) is 10.8. The van der Waals surface area contributed by atoms with Crippen molar-refractivity contribution in [3.63, 3.8) is 0 Å². The van der Waals surface area contributed by atoms with E-state index in [2.05, 4.69) is 10.4 Å². The van der Waals surface area contributed by atoms with E-state index in [9.17, 15) is 4.79 Å². The van der Waals surface area contributed by atoms with Crippen LogP contribution in [0.4, 0.5) is 0 Å². The van der Waals surface area contributed by atoms with Gasteiger partial charge >= 0.3 is 0 Å². The topological polar surface area (TPSA) is 82.2 Å². The van der Waals surface area contributed by atoms with Gasteiger partial charge in [-0.2, -0.15) is 5.10 Å². The molecule has 1 N–H and O–H groups in total. The predicted octanol–water partition coefficient (Wildman–Crippen LogP) is 5.13. The molecule has 7 heteroatoms. The zero-order chi connectivity index (χ0) is 22.7. The number of rotatable bonds is 8. The summed E-state index contributed by atoms with van der Waals surface area (Å²) in [6, 6.07) is 13.5. The van der Waals surface area contributed by atoms with Crippen molar-refractivity contribution in [2.24, 2.45) is 0 Å². The smallest absolute Gasteiger partial charge is 0.252 e. The Morgan fingerprint density at radius 3 is 2.59 bits per heavy atom. The standard InChI is InChI=1S/C25H28N4O3/c1-16(2)29-24-21(14-27-29)20(12-22(28-24)23-10-7-11-31-23)25(30)26-13-18-8-5-6-9-19(18)15-32-17(3)4/h5-12,14,16-17H,13,15H2,1-4H3,(H,26,30). The second kappa shape index (κ2) is 9.36. The number of fused-ring (bicyclic) bond motifs is 1. The summed E-state index contributed by atoms with van der Waals surface area (Å²) < 4.78 is 13.1. The van der Waals surface area contributed by atoms with Crippen LogP contribution in [-0.4, -0.2) is 26.8 Å². The molecule has 4 aromatic rings. The second-order valence-corrected chi connectivity index (χ2v) is 8.26. The molecular formula is C25H28N4O3. The molecule has 166 valence electrons. The first-order chi connectivity index (χ1) is 15.4. The van der Waals surface area contributed by atoms with Gasteiger partial charge in [0.1, 0.15) is 5.69 Å². The zero-order valence-electron chi connectivity index (χ0n) is 18.8. The van der Waals surface area contributed by atoms with Gasteiger partial charge in [-0.1, -0.05) is 24.3 Å². The molecule has 0 radical (unpaired) electrons. The van der Waals surface area contributed by atoms with Crippen molar-refractivity contribution >= 4 is 16.9 Å². The molecule has 0 aliphatic rings. The SMILES string of the molecule is CC(C)OCc1ccccc1CNC(=O)c1cc(-c2ccco2)nc2c1cnn2C(C)C. The van der Waals surface area contributed by atoms with Crippen LogP contribution in [0.5, 0.6) is 0 Å². The molecule has 0 unspecified atom stereocenters. The van der Waals surface area contributed by atoms with Gasteiger partial charge < -0.3 is 14.5 Å². The Bertz CT molecular complexity index is 1210. The highest BCUT2D eigenvalue weighted by atomic mass is 16.5. The second-order valence-electron chi connectivity index (χ2n) is 8.26. The predicted molar refractivity (Wildman–Crippen MR) is 123 cm³/mol. The van der Waals surface area contributed by atoms with Crippen LogP contribution in [0.15, 0.2) is 59.3 Å². The van der Waals surface area contributed by atoms with Crippen LogP contribution in [-0.2, 0) is 17.9 Å². The summed E-state index contributed by atoms with van der Waals surface area (Å²) >= 11 is 0. The maximum Gasteiger partial charge on any atom is 0.252 e. The van der Waals surface area contributed by atoms with E-state index in [1.54, 1.807) is 24.6 Å². The third kappa shape index (κ3) is 4.57. The highest BCUT2D eigenvalue weighted by Gasteiger charge is 2.19. The monoisotopic (exact) mass is 432 g/mol. The van der Waals surface area contributed by atoms with Gasteiger partial charge in [0.25, 0.3) is 5.91 Å². The lowest BCUT2D eigenvalue weighted by atomic mass is 10.1. The maximum atomic E-state index is 13.3. The fourth-order valence-corrected chi connectivity index (χ4v) is 3.53. The normalized spacial score (nSPS) is 11.6. The van der Waals surface area contributed by atoms with Gasteiger partial charge in [-0.15, -0.1) is 0 Å². The first kappa shape index (κ1) is 21.8. The van der Waals surface area contributed by atoms with E-state index in [-0.39, 0.29) is 18.1 Å². The van der Waals surface area contributed by atoms with Gasteiger partial charge in [0, 0.05) is 12.6 Å². The van der Waals surface area contributed by atoms with E-state index in [0.717, 1.165) is 11.1 Å². The summed E-state index contributed by atoms with van der Waals surface area (Å²) in [7, 11) is 0. The molecule has 0 saturated heterocycles. The van der Waals surface area contributed by atoms with E-state index < -0.39 is 0 Å². The fourth-order valence-electron chi connectivity index (χ4n) is 3.53. The summed E-state index contributed by atoms with van der Waals surface area (Å²) in [6.45, 7) is 8.98. The van der Waals surface area contributed by atoms with Gasteiger partial charge in [0.05, 0.1) is 36.1 Å². The summed E-state index contributed by atoms with van der Waals surface area (Å²) in [5, 5.41) is 8.23. The van der Waals surface area contributed by atoms with Crippen molar-refractivity contribution in [1.82, 2.24) is 20.1 Å². The van der Waals surface area contributed by atoms with Crippen LogP contribution in [0.25, 0.3) is 22.5 Å². The minimum atomic E-state index is -0.187. The Hall–Kier alpha value is -3.45. The van der Waals surface area contributed by atoms with Crippen LogP contribution in [0, 0.1) is 0 Å². The number of aromatic nitrogens is 3. The van der Waals surface area contributed by atoms with E-state index in [4.69, 9.17) is 14.1 Å². The maximum absolute atomic E-state index is 13.3. The van der Waals surface area contributed by atoms with Gasteiger partial charge in [-0.25, -0.2) is 9.67 Å². The highest BCUT2D eigenvalue weighted by Crippen LogP contribution is 2.26. The van der Waals surface area contributed by atoms with E-state index >= 15 is 0 Å². The minimum Gasteiger partial charge on any atom is -0.463 e. The average molecular weight is 433 g/mol. The number of ether oxygens (including phenoxy) is 1. The molecule has 0 fully saturated rings. The Labute approximate surface area is 187 Å². The van der Waals surface area contributed by atoms with Gasteiger partial charge in [0.15, 0.2) is 11.4 Å². The summed E-state index contributed by atoms with van der Waals surface area (Å²) in [5.41, 5.74) is 3.86. The third-order valence-corrected chi connectivity index (χ3v) is 5.20. The molecule has 3 heterocycles. The third-order valence-electron chi connectivity index (χ3n) is 5.20. The van der Waals surface area contributed by atoms with Crippen molar-refractivity contribution in [1.29, 1.82) is 0 Å². The van der Waals surface area contributed by atoms with Crippen molar-refractivity contribution in [3.8, 4) is 11.5 Å². The largest absolute Gasteiger partial charge is 0.463 e. The molecule has 0 aliphatic heterocycles. The van der Waals surface area contributed by atoms with E-state index in [1.807, 2.05) is 62.7 Å². The zero-order valence-corrected chi connectivity index (χ0v) is 18.8. The Morgan fingerprint density at radius 1 is 1.12 bits per heavy atom. The minimum absolute atomic E-state index is 0.107. The fraction of sp³-hybridized carbons (Fsp3) is 0.320. The molecule has 1 aromatic carbocycles. The van der Waals surface area contributed by atoms with Crippen LogP contribution in [0.3, 0.4) is 0 Å². The van der Waals surface area contributed by atoms with Gasteiger partial charge in [-0.3, -0.25) is 4.79 Å². The molecule has 0 saturated carbocycles. The molecule has 0 bridgehead atoms. The Morgan fingerprint density at radius 2 is 1.91 bits per heavy atom. The van der Waals surface area contributed by atoms with Crippen molar-refractivity contribution in [3.05, 3.63) is 71.6 Å². The van der Waals surface area contributed by atoms with E-state index in [1.165, 1.54) is 0 Å². The van der Waals surface area contributed by atoms with Crippen LogP contribution in [0.2, 0.25) is 0 Å². The molecule has 0 aliphatic carbocycles. The lowest BCUT2D eigenvalue weighted by Crippen LogP contribution is -2.24. The molecule has 7 nitrogen and oxygen atoms in total. The molecule has 4 rings (SSSR count). The highest BCUT2D eigenvalue weighted by molar-refractivity contribution is 6.06. The number of nitrogens with zero attached hydrogens (tertiary/aromatic N) is 3. The molecule has 0 atom stereocenters. The number of hydrogen-bond donors (Lipinski definition) is 1. The lowest BCUT2D eigenvalue weighted by Gasteiger charge is -2.13. The number of benzene rings is 1. The number of furan rings is 1. The number of nitrogens with one attached hydrogen (secondary N) is 1. The number of carbonyl (C=O) groups excluding carboxylic acids is 1. The number of amides is 1. The molecule has 3 aromatic heterocycles. The van der Waals surface area contributed by atoms with Crippen molar-refractivity contribution in [2.75, 3.05) is 0 Å². The number of pyridine rings is 1. The first-order valence-corrected chi connectivity index (χ1v) is 10.8. The quantitative estimate of drug-likeness (QED) is 0.417. The molecular weight excluding hydrogens is 404 g/mol. The number of carbonyl (C=O) groups is 1. The average Bonchev–Trinajstić information content (AvgIpc) is 3.45. The lowest BCUT2D eigenvalue weighted by molar-refractivity contribution is 0.0651. The van der Waals surface area contributed by atoms with E-state index in [0.29, 0.717) is 41.2 Å². The van der Waals surface area contributed by atoms with Crippen LogP contribution >= 0.6 is 0 Å². The summed E-state index contributed by atoms with van der Waals surface area (Å²) in [6.07, 6.45) is 3.44. The van der Waals surface area contributed by atoms with Crippen molar-refractivity contribution < 1.29 is 13.9 Å². The Balaban J connectivity index is 1.64. The Kier molecular flexibility index (Phi) is 6.37.